The zero-order valence-corrected chi connectivity index (χ0v) is 7.81. The van der Waals surface area contributed by atoms with Crippen LogP contribution in [0.2, 0.25) is 0 Å². The standard InChI is InChI=1S/C10H17NO/c1-9(12)11-8-7-10(11)5-3-2-4-6-10/h2-8H2,1H3. The van der Waals surface area contributed by atoms with E-state index in [0.717, 1.165) is 6.54 Å². The molecule has 1 saturated heterocycles. The highest BCUT2D eigenvalue weighted by Crippen LogP contribution is 2.42. The lowest BCUT2D eigenvalue weighted by Gasteiger charge is -2.54. The minimum atomic E-state index is 0.281. The molecular formula is C10H17NO. The van der Waals surface area contributed by atoms with Crippen molar-refractivity contribution in [2.75, 3.05) is 6.54 Å². The fourth-order valence-electron chi connectivity index (χ4n) is 2.76. The predicted molar refractivity (Wildman–Crippen MR) is 47.8 cm³/mol. The van der Waals surface area contributed by atoms with E-state index < -0.39 is 0 Å². The topological polar surface area (TPSA) is 20.3 Å². The van der Waals surface area contributed by atoms with Crippen molar-refractivity contribution < 1.29 is 4.79 Å². The lowest BCUT2D eigenvalue weighted by molar-refractivity contribution is -0.147. The summed E-state index contributed by atoms with van der Waals surface area (Å²) in [6.45, 7) is 2.71. The van der Waals surface area contributed by atoms with Crippen LogP contribution in [0, 0.1) is 0 Å². The first kappa shape index (κ1) is 8.09. The molecular weight excluding hydrogens is 150 g/mol. The molecule has 0 unspecified atom stereocenters. The SMILES string of the molecule is CC(=O)N1CCC12CCCCC2. The molecule has 0 bridgehead atoms. The van der Waals surface area contributed by atoms with Gasteiger partial charge in [-0.3, -0.25) is 4.79 Å². The van der Waals surface area contributed by atoms with E-state index in [9.17, 15) is 4.79 Å². The quantitative estimate of drug-likeness (QED) is 0.540. The van der Waals surface area contributed by atoms with Gasteiger partial charge >= 0.3 is 0 Å². The first-order valence-electron chi connectivity index (χ1n) is 5.03. The summed E-state index contributed by atoms with van der Waals surface area (Å²) < 4.78 is 0. The lowest BCUT2D eigenvalue weighted by Crippen LogP contribution is -2.62. The van der Waals surface area contributed by atoms with Crippen molar-refractivity contribution in [1.29, 1.82) is 0 Å². The smallest absolute Gasteiger partial charge is 0.219 e. The Kier molecular flexibility index (Phi) is 1.85. The van der Waals surface area contributed by atoms with E-state index in [1.165, 1.54) is 38.5 Å². The minimum absolute atomic E-state index is 0.281. The molecule has 0 aromatic carbocycles. The summed E-state index contributed by atoms with van der Waals surface area (Å²) in [5.41, 5.74) is 0.323. The summed E-state index contributed by atoms with van der Waals surface area (Å²) >= 11 is 0. The minimum Gasteiger partial charge on any atom is -0.337 e. The number of hydrogen-bond acceptors (Lipinski definition) is 1. The highest BCUT2D eigenvalue weighted by Gasteiger charge is 2.46. The summed E-state index contributed by atoms with van der Waals surface area (Å²) in [6, 6.07) is 0. The molecule has 1 aliphatic carbocycles. The molecule has 0 aromatic rings. The van der Waals surface area contributed by atoms with Gasteiger partial charge in [-0.25, -0.2) is 0 Å². The molecule has 0 aromatic heterocycles. The van der Waals surface area contributed by atoms with Crippen LogP contribution in [0.3, 0.4) is 0 Å². The molecule has 12 heavy (non-hydrogen) atoms. The number of amides is 1. The van der Waals surface area contributed by atoms with E-state index in [0.29, 0.717) is 5.54 Å². The van der Waals surface area contributed by atoms with Crippen LogP contribution in [0.5, 0.6) is 0 Å². The van der Waals surface area contributed by atoms with Crippen LogP contribution in [0.25, 0.3) is 0 Å². The van der Waals surface area contributed by atoms with Gasteiger partial charge in [0.05, 0.1) is 0 Å². The van der Waals surface area contributed by atoms with Crippen LogP contribution < -0.4 is 0 Å². The van der Waals surface area contributed by atoms with E-state index in [4.69, 9.17) is 0 Å². The van der Waals surface area contributed by atoms with Crippen molar-refractivity contribution in [3.05, 3.63) is 0 Å². The molecule has 2 heteroatoms. The molecule has 0 atom stereocenters. The Bertz CT molecular complexity index is 194. The first-order valence-corrected chi connectivity index (χ1v) is 5.03. The van der Waals surface area contributed by atoms with Gasteiger partial charge in [0.2, 0.25) is 5.91 Å². The second-order valence-corrected chi connectivity index (χ2v) is 4.21. The Morgan fingerprint density at radius 2 is 1.83 bits per heavy atom. The maximum atomic E-state index is 11.2. The maximum absolute atomic E-state index is 11.2. The largest absolute Gasteiger partial charge is 0.337 e. The van der Waals surface area contributed by atoms with Crippen molar-refractivity contribution in [1.82, 2.24) is 4.90 Å². The van der Waals surface area contributed by atoms with Gasteiger partial charge in [0.1, 0.15) is 0 Å². The van der Waals surface area contributed by atoms with Gasteiger partial charge in [-0.15, -0.1) is 0 Å². The second-order valence-electron chi connectivity index (χ2n) is 4.21. The van der Waals surface area contributed by atoms with E-state index in [1.807, 2.05) is 0 Å². The van der Waals surface area contributed by atoms with Gasteiger partial charge in [-0.05, 0) is 19.3 Å². The monoisotopic (exact) mass is 167 g/mol. The van der Waals surface area contributed by atoms with Crippen molar-refractivity contribution in [3.63, 3.8) is 0 Å². The summed E-state index contributed by atoms with van der Waals surface area (Å²) in [5, 5.41) is 0. The van der Waals surface area contributed by atoms with Crippen LogP contribution in [0.1, 0.15) is 45.4 Å². The lowest BCUT2D eigenvalue weighted by atomic mass is 9.72. The van der Waals surface area contributed by atoms with Crippen molar-refractivity contribution in [3.8, 4) is 0 Å². The molecule has 2 aliphatic rings. The first-order chi connectivity index (χ1) is 5.75. The fraction of sp³-hybridized carbons (Fsp3) is 0.900. The maximum Gasteiger partial charge on any atom is 0.219 e. The van der Waals surface area contributed by atoms with Crippen LogP contribution in [-0.2, 0) is 4.79 Å². The summed E-state index contributed by atoms with van der Waals surface area (Å²) in [7, 11) is 0. The molecule has 2 nitrogen and oxygen atoms in total. The number of carbonyl (C=O) groups is 1. The number of carbonyl (C=O) groups excluding carboxylic acids is 1. The molecule has 2 fully saturated rings. The fourth-order valence-corrected chi connectivity index (χ4v) is 2.76. The summed E-state index contributed by atoms with van der Waals surface area (Å²) in [4.78, 5) is 13.3. The van der Waals surface area contributed by atoms with Gasteiger partial charge in [0.15, 0.2) is 0 Å². The average Bonchev–Trinajstić information content (AvgIpc) is 2.03. The third kappa shape index (κ3) is 1.05. The average molecular weight is 167 g/mol. The predicted octanol–water partition coefficient (Wildman–Crippen LogP) is 1.94. The Hall–Kier alpha value is -0.530. The van der Waals surface area contributed by atoms with Crippen LogP contribution in [0.4, 0.5) is 0 Å². The molecule has 1 spiro atoms. The molecule has 0 radical (unpaired) electrons. The van der Waals surface area contributed by atoms with Crippen molar-refractivity contribution >= 4 is 5.91 Å². The third-order valence-electron chi connectivity index (χ3n) is 3.54. The Balaban J connectivity index is 2.05. The van der Waals surface area contributed by atoms with Crippen LogP contribution in [-0.4, -0.2) is 22.9 Å². The van der Waals surface area contributed by atoms with E-state index >= 15 is 0 Å². The molecule has 2 rings (SSSR count). The van der Waals surface area contributed by atoms with Crippen LogP contribution in [0.15, 0.2) is 0 Å². The number of hydrogen-bond donors (Lipinski definition) is 0. The zero-order chi connectivity index (χ0) is 8.60. The molecule has 1 heterocycles. The van der Waals surface area contributed by atoms with Gasteiger partial charge in [-0.2, -0.15) is 0 Å². The Morgan fingerprint density at radius 1 is 1.17 bits per heavy atom. The van der Waals surface area contributed by atoms with E-state index in [-0.39, 0.29) is 5.91 Å². The van der Waals surface area contributed by atoms with E-state index in [2.05, 4.69) is 4.90 Å². The molecule has 1 aliphatic heterocycles. The second kappa shape index (κ2) is 2.75. The van der Waals surface area contributed by atoms with Crippen molar-refractivity contribution in [2.45, 2.75) is 51.0 Å². The molecule has 1 saturated carbocycles. The van der Waals surface area contributed by atoms with Gasteiger partial charge < -0.3 is 4.90 Å². The number of nitrogens with zero attached hydrogens (tertiary/aromatic N) is 1. The summed E-state index contributed by atoms with van der Waals surface area (Å²) in [5.74, 6) is 0.281. The number of rotatable bonds is 0. The normalized spacial score (nSPS) is 26.9. The van der Waals surface area contributed by atoms with E-state index in [1.54, 1.807) is 6.92 Å². The zero-order valence-electron chi connectivity index (χ0n) is 7.81. The third-order valence-corrected chi connectivity index (χ3v) is 3.54. The molecule has 68 valence electrons. The number of likely N-dealkylation sites (tertiary alicyclic amines) is 1. The van der Waals surface area contributed by atoms with Gasteiger partial charge in [0.25, 0.3) is 0 Å². The highest BCUT2D eigenvalue weighted by atomic mass is 16.2. The molecule has 0 N–H and O–H groups in total. The Morgan fingerprint density at radius 3 is 2.25 bits per heavy atom. The summed E-state index contributed by atoms with van der Waals surface area (Å²) in [6.07, 6.45) is 7.78. The highest BCUT2D eigenvalue weighted by molar-refractivity contribution is 5.75. The van der Waals surface area contributed by atoms with Crippen molar-refractivity contribution in [2.24, 2.45) is 0 Å². The van der Waals surface area contributed by atoms with Gasteiger partial charge in [-0.1, -0.05) is 19.3 Å². The molecule has 1 amide bonds. The van der Waals surface area contributed by atoms with Crippen LogP contribution >= 0.6 is 0 Å². The Labute approximate surface area is 73.9 Å². The van der Waals surface area contributed by atoms with Gasteiger partial charge in [0, 0.05) is 19.0 Å².